The number of carbonyl (C=O) groups is 1. The van der Waals surface area contributed by atoms with Gasteiger partial charge >= 0.3 is 0 Å². The molecule has 0 spiro atoms. The topological polar surface area (TPSA) is 40.9 Å². The molecule has 0 aromatic rings. The van der Waals surface area contributed by atoms with E-state index in [1.54, 1.807) is 0 Å². The van der Waals surface area contributed by atoms with Crippen LogP contribution in [0.15, 0.2) is 0 Å². The Morgan fingerprint density at radius 2 is 1.93 bits per heavy atom. The Bertz CT molecular complexity index is 298. The van der Waals surface area contributed by atoms with Crippen LogP contribution in [-0.2, 0) is 4.79 Å². The molecule has 2 bridgehead atoms. The van der Waals surface area contributed by atoms with E-state index in [9.17, 15) is 4.79 Å². The van der Waals surface area contributed by atoms with E-state index in [1.807, 2.05) is 0 Å². The highest BCUT2D eigenvalue weighted by Gasteiger charge is 2.70. The maximum atomic E-state index is 11.8. The van der Waals surface area contributed by atoms with Crippen LogP contribution >= 0.6 is 11.6 Å². The Morgan fingerprint density at radius 1 is 1.27 bits per heavy atom. The number of unbranched alkanes of at least 4 members (excludes halogenated alkanes) is 3. The first-order valence-corrected chi connectivity index (χ1v) is 6.07. The summed E-state index contributed by atoms with van der Waals surface area (Å²) in [6, 6.07) is 2.12. The zero-order chi connectivity index (χ0) is 10.9. The van der Waals surface area contributed by atoms with Crippen molar-refractivity contribution in [3.05, 3.63) is 0 Å². The number of hydrogen-bond donors (Lipinski definition) is 0. The second-order valence-corrected chi connectivity index (χ2v) is 5.91. The SMILES string of the molecule is N#CCCCCCC(=O)C12CC(Cl)(C1)C2. The molecular weight excluding hydrogens is 210 g/mol. The van der Waals surface area contributed by atoms with Crippen LogP contribution < -0.4 is 0 Å². The average Bonchev–Trinajstić information content (AvgIpc) is 2.11. The first-order chi connectivity index (χ1) is 7.10. The lowest BCUT2D eigenvalue weighted by Gasteiger charge is -2.66. The van der Waals surface area contributed by atoms with Gasteiger partial charge in [-0.2, -0.15) is 5.26 Å². The van der Waals surface area contributed by atoms with Crippen LogP contribution in [0.25, 0.3) is 0 Å². The summed E-state index contributed by atoms with van der Waals surface area (Å²) in [6.45, 7) is 0. The second-order valence-electron chi connectivity index (χ2n) is 5.10. The summed E-state index contributed by atoms with van der Waals surface area (Å²) in [5, 5.41) is 8.35. The molecule has 0 radical (unpaired) electrons. The summed E-state index contributed by atoms with van der Waals surface area (Å²) < 4.78 is 0. The van der Waals surface area contributed by atoms with Gasteiger partial charge in [0.05, 0.1) is 6.07 Å². The van der Waals surface area contributed by atoms with Crippen LogP contribution in [0.3, 0.4) is 0 Å². The molecule has 0 atom stereocenters. The van der Waals surface area contributed by atoms with E-state index in [1.165, 1.54) is 0 Å². The van der Waals surface area contributed by atoms with Crippen LogP contribution in [0.5, 0.6) is 0 Å². The number of alkyl halides is 1. The lowest BCUT2D eigenvalue weighted by Crippen LogP contribution is -2.67. The van der Waals surface area contributed by atoms with Crippen molar-refractivity contribution in [1.29, 1.82) is 5.26 Å². The minimum Gasteiger partial charge on any atom is -0.299 e. The fourth-order valence-corrected chi connectivity index (χ4v) is 3.66. The van der Waals surface area contributed by atoms with Crippen molar-refractivity contribution < 1.29 is 4.79 Å². The molecule has 82 valence electrons. The minimum atomic E-state index is -0.00300. The maximum absolute atomic E-state index is 11.8. The van der Waals surface area contributed by atoms with Crippen molar-refractivity contribution in [3.8, 4) is 6.07 Å². The monoisotopic (exact) mass is 225 g/mol. The van der Waals surface area contributed by atoms with Crippen LogP contribution in [0, 0.1) is 16.7 Å². The molecule has 0 aliphatic heterocycles. The highest BCUT2D eigenvalue weighted by molar-refractivity contribution is 6.27. The van der Waals surface area contributed by atoms with Crippen LogP contribution in [-0.4, -0.2) is 10.7 Å². The molecule has 3 saturated carbocycles. The predicted molar refractivity (Wildman–Crippen MR) is 58.6 cm³/mol. The minimum absolute atomic E-state index is 0.00300. The molecule has 0 N–H and O–H groups in total. The fourth-order valence-electron chi connectivity index (χ4n) is 2.89. The van der Waals surface area contributed by atoms with E-state index >= 15 is 0 Å². The normalized spacial score (nSPS) is 36.3. The van der Waals surface area contributed by atoms with Crippen molar-refractivity contribution in [3.63, 3.8) is 0 Å². The van der Waals surface area contributed by atoms with Crippen LogP contribution in [0.4, 0.5) is 0 Å². The molecule has 0 amide bonds. The lowest BCUT2D eigenvalue weighted by atomic mass is 9.42. The molecule has 2 nitrogen and oxygen atoms in total. The molecule has 15 heavy (non-hydrogen) atoms. The molecule has 3 rings (SSSR count). The summed E-state index contributed by atoms with van der Waals surface area (Å²) >= 11 is 6.12. The van der Waals surface area contributed by atoms with Gasteiger partial charge in [-0.1, -0.05) is 6.42 Å². The number of Topliss-reactive ketones (excluding diaryl/α,β-unsaturated/α-hetero) is 1. The Labute approximate surface area is 95.6 Å². The van der Waals surface area contributed by atoms with Gasteiger partial charge in [0, 0.05) is 23.1 Å². The number of carbonyl (C=O) groups excluding carboxylic acids is 1. The molecule has 0 unspecified atom stereocenters. The van der Waals surface area contributed by atoms with Crippen molar-refractivity contribution in [1.82, 2.24) is 0 Å². The summed E-state index contributed by atoms with van der Waals surface area (Å²) in [6.07, 6.45) is 6.92. The van der Waals surface area contributed by atoms with Gasteiger partial charge in [0.25, 0.3) is 0 Å². The van der Waals surface area contributed by atoms with E-state index in [0.29, 0.717) is 18.6 Å². The van der Waals surface area contributed by atoms with Crippen LogP contribution in [0.1, 0.15) is 51.4 Å². The molecular formula is C12H16ClNO. The van der Waals surface area contributed by atoms with Gasteiger partial charge in [-0.05, 0) is 32.1 Å². The van der Waals surface area contributed by atoms with Gasteiger partial charge in [0.15, 0.2) is 0 Å². The van der Waals surface area contributed by atoms with E-state index < -0.39 is 0 Å². The number of hydrogen-bond acceptors (Lipinski definition) is 2. The molecule has 3 aliphatic rings. The van der Waals surface area contributed by atoms with Crippen molar-refractivity contribution in [2.75, 3.05) is 0 Å². The molecule has 0 saturated heterocycles. The lowest BCUT2D eigenvalue weighted by molar-refractivity contribution is -0.156. The van der Waals surface area contributed by atoms with Crippen molar-refractivity contribution >= 4 is 17.4 Å². The Kier molecular flexibility index (Phi) is 2.77. The largest absolute Gasteiger partial charge is 0.299 e. The molecule has 3 heteroatoms. The van der Waals surface area contributed by atoms with Gasteiger partial charge in [-0.15, -0.1) is 11.6 Å². The third-order valence-corrected chi connectivity index (χ3v) is 4.15. The standard InChI is InChI=1S/C12H16ClNO/c13-12-7-11(8-12,9-12)10(15)5-3-1-2-4-6-14/h1-5,7-9H2. The number of halogens is 1. The van der Waals surface area contributed by atoms with E-state index in [4.69, 9.17) is 16.9 Å². The first kappa shape index (κ1) is 11.0. The molecule has 0 aromatic heterocycles. The van der Waals surface area contributed by atoms with Crippen LogP contribution in [0.2, 0.25) is 0 Å². The Hall–Kier alpha value is -0.550. The highest BCUT2D eigenvalue weighted by atomic mass is 35.5. The third kappa shape index (κ3) is 1.90. The first-order valence-electron chi connectivity index (χ1n) is 5.70. The average molecular weight is 226 g/mol. The van der Waals surface area contributed by atoms with Crippen molar-refractivity contribution in [2.24, 2.45) is 5.41 Å². The predicted octanol–water partition coefficient (Wildman–Crippen LogP) is 3.19. The second kappa shape index (κ2) is 3.79. The van der Waals surface area contributed by atoms with Gasteiger partial charge in [0.1, 0.15) is 5.78 Å². The third-order valence-electron chi connectivity index (χ3n) is 3.75. The van der Waals surface area contributed by atoms with Gasteiger partial charge in [-0.25, -0.2) is 0 Å². The molecule has 0 heterocycles. The van der Waals surface area contributed by atoms with Gasteiger partial charge in [0.2, 0.25) is 0 Å². The number of nitrogens with zero attached hydrogens (tertiary/aromatic N) is 1. The Morgan fingerprint density at radius 3 is 2.47 bits per heavy atom. The Balaban J connectivity index is 1.61. The molecule has 3 aliphatic carbocycles. The molecule has 0 aromatic carbocycles. The quantitative estimate of drug-likeness (QED) is 0.515. The van der Waals surface area contributed by atoms with Gasteiger partial charge in [-0.3, -0.25) is 4.79 Å². The summed E-state index contributed by atoms with van der Waals surface area (Å²) in [5.41, 5.74) is -0.00300. The summed E-state index contributed by atoms with van der Waals surface area (Å²) in [7, 11) is 0. The smallest absolute Gasteiger partial charge is 0.139 e. The summed E-state index contributed by atoms with van der Waals surface area (Å²) in [5.74, 6) is 0.419. The van der Waals surface area contributed by atoms with Crippen molar-refractivity contribution in [2.45, 2.75) is 56.2 Å². The zero-order valence-electron chi connectivity index (χ0n) is 8.89. The fraction of sp³-hybridized carbons (Fsp3) is 0.833. The molecule has 3 fully saturated rings. The summed E-state index contributed by atoms with van der Waals surface area (Å²) in [4.78, 5) is 11.8. The van der Waals surface area contributed by atoms with E-state index in [0.717, 1.165) is 38.5 Å². The number of rotatable bonds is 6. The van der Waals surface area contributed by atoms with E-state index in [2.05, 4.69) is 6.07 Å². The van der Waals surface area contributed by atoms with Gasteiger partial charge < -0.3 is 0 Å². The highest BCUT2D eigenvalue weighted by Crippen LogP contribution is 2.71. The number of nitriles is 1. The van der Waals surface area contributed by atoms with E-state index in [-0.39, 0.29) is 10.3 Å². The zero-order valence-corrected chi connectivity index (χ0v) is 9.65. The maximum Gasteiger partial charge on any atom is 0.139 e. The number of ketones is 1.